The van der Waals surface area contributed by atoms with E-state index in [2.05, 4.69) is 0 Å². The predicted octanol–water partition coefficient (Wildman–Crippen LogP) is 1.58. The lowest BCUT2D eigenvalue weighted by Crippen LogP contribution is -2.08. The zero-order chi connectivity index (χ0) is 9.84. The number of carbonyl (C=O) groups is 1. The van der Waals surface area contributed by atoms with Gasteiger partial charge in [0, 0.05) is 11.4 Å². The first-order valence-corrected chi connectivity index (χ1v) is 4.24. The van der Waals surface area contributed by atoms with Gasteiger partial charge in [-0.25, -0.2) is 0 Å². The summed E-state index contributed by atoms with van der Waals surface area (Å²) in [6.45, 7) is 0.269. The van der Waals surface area contributed by atoms with E-state index < -0.39 is 0 Å². The van der Waals surface area contributed by atoms with Crippen LogP contribution in [-0.4, -0.2) is 17.4 Å². The summed E-state index contributed by atoms with van der Waals surface area (Å²) < 4.78 is 0. The molecule has 1 aromatic carbocycles. The summed E-state index contributed by atoms with van der Waals surface area (Å²) in [4.78, 5) is 11.3. The van der Waals surface area contributed by atoms with E-state index in [9.17, 15) is 9.90 Å². The van der Waals surface area contributed by atoms with Gasteiger partial charge >= 0.3 is 0 Å². The molecule has 0 saturated heterocycles. The van der Waals surface area contributed by atoms with Gasteiger partial charge in [-0.3, -0.25) is 4.79 Å². The summed E-state index contributed by atoms with van der Waals surface area (Å²) in [5.41, 5.74) is 5.45. The average Bonchev–Trinajstić information content (AvgIpc) is 2.09. The van der Waals surface area contributed by atoms with Crippen molar-refractivity contribution in [1.82, 2.24) is 0 Å². The first-order valence-electron chi connectivity index (χ1n) is 3.87. The third kappa shape index (κ3) is 2.44. The van der Waals surface area contributed by atoms with E-state index in [1.165, 1.54) is 18.2 Å². The number of Topliss-reactive ketones (excluding diaryl/α,β-unsaturated/α-hetero) is 1. The molecule has 0 unspecified atom stereocenters. The van der Waals surface area contributed by atoms with Gasteiger partial charge in [-0.15, -0.1) is 0 Å². The fourth-order valence-corrected chi connectivity index (χ4v) is 1.17. The standard InChI is InChI=1S/C9H10ClNO2/c10-6-1-2-8(12)7(5-6)9(13)3-4-11/h1-2,5,12H,3-4,11H2. The summed E-state index contributed by atoms with van der Waals surface area (Å²) in [6, 6.07) is 4.36. The molecule has 0 aliphatic heterocycles. The molecule has 0 amide bonds. The van der Waals surface area contributed by atoms with E-state index in [4.69, 9.17) is 17.3 Å². The quantitative estimate of drug-likeness (QED) is 0.727. The normalized spacial score (nSPS) is 10.0. The average molecular weight is 200 g/mol. The minimum Gasteiger partial charge on any atom is -0.507 e. The van der Waals surface area contributed by atoms with Crippen molar-refractivity contribution >= 4 is 17.4 Å². The lowest BCUT2D eigenvalue weighted by atomic mass is 10.1. The Balaban J connectivity index is 2.99. The zero-order valence-electron chi connectivity index (χ0n) is 6.96. The summed E-state index contributed by atoms with van der Waals surface area (Å²) in [5.74, 6) is -0.245. The van der Waals surface area contributed by atoms with Crippen LogP contribution in [0.15, 0.2) is 18.2 Å². The van der Waals surface area contributed by atoms with Crippen molar-refractivity contribution in [3.05, 3.63) is 28.8 Å². The number of halogens is 1. The number of rotatable bonds is 3. The van der Waals surface area contributed by atoms with Crippen LogP contribution in [0.5, 0.6) is 5.75 Å². The lowest BCUT2D eigenvalue weighted by molar-refractivity contribution is 0.0983. The van der Waals surface area contributed by atoms with Crippen molar-refractivity contribution < 1.29 is 9.90 Å². The van der Waals surface area contributed by atoms with Gasteiger partial charge in [0.2, 0.25) is 0 Å². The highest BCUT2D eigenvalue weighted by Crippen LogP contribution is 2.22. The molecule has 70 valence electrons. The molecule has 0 saturated carbocycles. The summed E-state index contributed by atoms with van der Waals surface area (Å²) in [6.07, 6.45) is 0.216. The molecule has 0 aliphatic rings. The van der Waals surface area contributed by atoms with Gasteiger partial charge in [0.15, 0.2) is 5.78 Å². The van der Waals surface area contributed by atoms with Gasteiger partial charge in [0.05, 0.1) is 5.56 Å². The van der Waals surface area contributed by atoms with Crippen LogP contribution in [-0.2, 0) is 0 Å². The van der Waals surface area contributed by atoms with Gasteiger partial charge in [0.1, 0.15) is 5.75 Å². The Bertz CT molecular complexity index is 325. The summed E-state index contributed by atoms with van der Waals surface area (Å²) in [5, 5.41) is 9.74. The third-order valence-corrected chi connectivity index (χ3v) is 1.87. The van der Waals surface area contributed by atoms with Crippen molar-refractivity contribution in [2.75, 3.05) is 6.54 Å². The highest BCUT2D eigenvalue weighted by molar-refractivity contribution is 6.31. The van der Waals surface area contributed by atoms with Gasteiger partial charge in [-0.1, -0.05) is 11.6 Å². The predicted molar refractivity (Wildman–Crippen MR) is 51.1 cm³/mol. The maximum atomic E-state index is 11.3. The van der Waals surface area contributed by atoms with E-state index in [0.29, 0.717) is 5.02 Å². The van der Waals surface area contributed by atoms with Crippen LogP contribution in [0, 0.1) is 0 Å². The second-order valence-corrected chi connectivity index (χ2v) is 3.06. The van der Waals surface area contributed by atoms with Crippen LogP contribution in [0.2, 0.25) is 5.02 Å². The van der Waals surface area contributed by atoms with E-state index in [0.717, 1.165) is 0 Å². The Kier molecular flexibility index (Phi) is 3.28. The Morgan fingerprint density at radius 2 is 2.23 bits per heavy atom. The number of benzene rings is 1. The van der Waals surface area contributed by atoms with E-state index in [1.807, 2.05) is 0 Å². The fraction of sp³-hybridized carbons (Fsp3) is 0.222. The number of hydrogen-bond donors (Lipinski definition) is 2. The summed E-state index contributed by atoms with van der Waals surface area (Å²) in [7, 11) is 0. The number of hydrogen-bond acceptors (Lipinski definition) is 3. The van der Waals surface area contributed by atoms with E-state index in [1.54, 1.807) is 0 Å². The smallest absolute Gasteiger partial charge is 0.167 e. The Hall–Kier alpha value is -1.06. The van der Waals surface area contributed by atoms with Crippen molar-refractivity contribution in [2.24, 2.45) is 5.73 Å². The molecular weight excluding hydrogens is 190 g/mol. The maximum absolute atomic E-state index is 11.3. The third-order valence-electron chi connectivity index (χ3n) is 1.63. The van der Waals surface area contributed by atoms with Gasteiger partial charge in [0.25, 0.3) is 0 Å². The molecule has 0 bridgehead atoms. The maximum Gasteiger partial charge on any atom is 0.167 e. The van der Waals surface area contributed by atoms with Crippen LogP contribution in [0.3, 0.4) is 0 Å². The molecule has 3 N–H and O–H groups in total. The molecule has 4 heteroatoms. The molecule has 0 fully saturated rings. The van der Waals surface area contributed by atoms with Crippen LogP contribution in [0.25, 0.3) is 0 Å². The highest BCUT2D eigenvalue weighted by atomic mass is 35.5. The minimum absolute atomic E-state index is 0.0529. The molecular formula is C9H10ClNO2. The Morgan fingerprint density at radius 3 is 2.85 bits per heavy atom. The molecule has 0 aliphatic carbocycles. The topological polar surface area (TPSA) is 63.3 Å². The molecule has 3 nitrogen and oxygen atoms in total. The van der Waals surface area contributed by atoms with E-state index >= 15 is 0 Å². The van der Waals surface area contributed by atoms with Gasteiger partial charge in [-0.2, -0.15) is 0 Å². The number of phenols is 1. The van der Waals surface area contributed by atoms with Crippen molar-refractivity contribution in [2.45, 2.75) is 6.42 Å². The molecule has 0 aromatic heterocycles. The van der Waals surface area contributed by atoms with Crippen LogP contribution in [0.4, 0.5) is 0 Å². The molecule has 13 heavy (non-hydrogen) atoms. The van der Waals surface area contributed by atoms with Crippen molar-refractivity contribution in [3.8, 4) is 5.75 Å². The lowest BCUT2D eigenvalue weighted by Gasteiger charge is -2.02. The first-order chi connectivity index (χ1) is 6.15. The molecule has 0 radical (unpaired) electrons. The molecule has 1 rings (SSSR count). The highest BCUT2D eigenvalue weighted by Gasteiger charge is 2.10. The first kappa shape index (κ1) is 10.0. The molecule has 0 heterocycles. The molecule has 0 atom stereocenters. The molecule has 0 spiro atoms. The second-order valence-electron chi connectivity index (χ2n) is 2.62. The number of phenolic OH excluding ortho intramolecular Hbond substituents is 1. The van der Waals surface area contributed by atoms with Crippen molar-refractivity contribution in [3.63, 3.8) is 0 Å². The SMILES string of the molecule is NCCC(=O)c1cc(Cl)ccc1O. The molecule has 1 aromatic rings. The van der Waals surface area contributed by atoms with Crippen LogP contribution in [0.1, 0.15) is 16.8 Å². The monoisotopic (exact) mass is 199 g/mol. The number of ketones is 1. The van der Waals surface area contributed by atoms with E-state index in [-0.39, 0.29) is 30.1 Å². The Morgan fingerprint density at radius 1 is 1.54 bits per heavy atom. The van der Waals surface area contributed by atoms with Crippen LogP contribution >= 0.6 is 11.6 Å². The number of aromatic hydroxyl groups is 1. The van der Waals surface area contributed by atoms with Crippen molar-refractivity contribution in [1.29, 1.82) is 0 Å². The summed E-state index contributed by atoms with van der Waals surface area (Å²) >= 11 is 5.67. The Labute approximate surface area is 81.1 Å². The zero-order valence-corrected chi connectivity index (χ0v) is 7.71. The fourth-order valence-electron chi connectivity index (χ4n) is 0.997. The van der Waals surface area contributed by atoms with Crippen LogP contribution < -0.4 is 5.73 Å². The van der Waals surface area contributed by atoms with Gasteiger partial charge in [-0.05, 0) is 24.7 Å². The number of carbonyl (C=O) groups excluding carboxylic acids is 1. The largest absolute Gasteiger partial charge is 0.507 e. The minimum atomic E-state index is -0.192. The van der Waals surface area contributed by atoms with Gasteiger partial charge < -0.3 is 10.8 Å². The number of nitrogens with two attached hydrogens (primary N) is 1. The second kappa shape index (κ2) is 4.25.